The molecule has 2 heterocycles. The fraction of sp³-hybridized carbons (Fsp3) is 0.238. The van der Waals surface area contributed by atoms with Gasteiger partial charge in [-0.1, -0.05) is 18.2 Å². The van der Waals surface area contributed by atoms with E-state index >= 15 is 0 Å². The maximum Gasteiger partial charge on any atom is 0.418 e. The van der Waals surface area contributed by atoms with Crippen LogP contribution in [0.3, 0.4) is 0 Å². The Morgan fingerprint density at radius 2 is 2.03 bits per heavy atom. The molecule has 1 aliphatic rings. The third kappa shape index (κ3) is 3.73. The van der Waals surface area contributed by atoms with Gasteiger partial charge < -0.3 is 4.90 Å². The molecule has 0 bridgehead atoms. The fourth-order valence-corrected chi connectivity index (χ4v) is 5.40. The van der Waals surface area contributed by atoms with Crippen molar-refractivity contribution in [2.75, 3.05) is 4.90 Å². The molecule has 8 heteroatoms. The van der Waals surface area contributed by atoms with Crippen molar-refractivity contribution in [1.29, 1.82) is 5.26 Å². The summed E-state index contributed by atoms with van der Waals surface area (Å²) in [6, 6.07) is 12.4. The number of benzene rings is 2. The number of rotatable bonds is 3. The summed E-state index contributed by atoms with van der Waals surface area (Å²) in [5.74, 6) is 0. The van der Waals surface area contributed by atoms with E-state index in [1.807, 2.05) is 41.5 Å². The number of hydrogen-bond acceptors (Lipinski definition) is 4. The Labute approximate surface area is 184 Å². The first-order valence-electron chi connectivity index (χ1n) is 8.88. The average Bonchev–Trinajstić information content (AvgIpc) is 3.25. The van der Waals surface area contributed by atoms with E-state index < -0.39 is 11.7 Å². The summed E-state index contributed by atoms with van der Waals surface area (Å²) in [5, 5.41) is 12.0. The lowest BCUT2D eigenvalue weighted by atomic mass is 9.98. The van der Waals surface area contributed by atoms with E-state index in [-0.39, 0.29) is 23.6 Å². The van der Waals surface area contributed by atoms with Crippen LogP contribution in [0, 0.1) is 14.9 Å². The number of nitriles is 1. The van der Waals surface area contributed by atoms with Crippen LogP contribution in [0.5, 0.6) is 0 Å². The van der Waals surface area contributed by atoms with Crippen LogP contribution in [0.2, 0.25) is 0 Å². The molecular weight excluding hydrogens is 510 g/mol. The zero-order valence-corrected chi connectivity index (χ0v) is 18.3. The molecule has 0 amide bonds. The highest BCUT2D eigenvalue weighted by molar-refractivity contribution is 14.1. The minimum atomic E-state index is -4.55. The van der Waals surface area contributed by atoms with Gasteiger partial charge in [-0.15, -0.1) is 11.3 Å². The maximum absolute atomic E-state index is 13.6. The lowest BCUT2D eigenvalue weighted by molar-refractivity contribution is -0.138. The van der Waals surface area contributed by atoms with Crippen LogP contribution < -0.4 is 4.90 Å². The Kier molecular flexibility index (Phi) is 5.29. The molecule has 0 spiro atoms. The minimum Gasteiger partial charge on any atom is -0.362 e. The van der Waals surface area contributed by atoms with Gasteiger partial charge in [0.15, 0.2) is 0 Å². The van der Waals surface area contributed by atoms with Gasteiger partial charge >= 0.3 is 6.18 Å². The molecule has 0 saturated carbocycles. The van der Waals surface area contributed by atoms with Crippen molar-refractivity contribution in [3.8, 4) is 16.6 Å². The van der Waals surface area contributed by atoms with Gasteiger partial charge in [-0.25, -0.2) is 4.98 Å². The summed E-state index contributed by atoms with van der Waals surface area (Å²) in [5.41, 5.74) is 1.49. The largest absolute Gasteiger partial charge is 0.418 e. The van der Waals surface area contributed by atoms with Crippen LogP contribution in [-0.2, 0) is 19.1 Å². The van der Waals surface area contributed by atoms with Crippen LogP contribution in [0.1, 0.15) is 29.3 Å². The van der Waals surface area contributed by atoms with Crippen molar-refractivity contribution < 1.29 is 13.2 Å². The van der Waals surface area contributed by atoms with E-state index in [2.05, 4.69) is 22.6 Å². The molecule has 1 aromatic heterocycles. The molecule has 0 aliphatic carbocycles. The van der Waals surface area contributed by atoms with Crippen LogP contribution in [0.15, 0.2) is 41.8 Å². The number of alkyl halides is 3. The zero-order chi connectivity index (χ0) is 20.8. The first-order valence-corrected chi connectivity index (χ1v) is 10.8. The maximum atomic E-state index is 13.6. The summed E-state index contributed by atoms with van der Waals surface area (Å²) in [6.07, 6.45) is -4.29. The second kappa shape index (κ2) is 7.61. The molecule has 3 aromatic rings. The van der Waals surface area contributed by atoms with Crippen LogP contribution in [-0.4, -0.2) is 11.0 Å². The molecule has 1 unspecified atom stereocenters. The first kappa shape index (κ1) is 20.2. The van der Waals surface area contributed by atoms with E-state index in [4.69, 9.17) is 10.2 Å². The Bertz CT molecular complexity index is 1120. The van der Waals surface area contributed by atoms with E-state index in [0.29, 0.717) is 12.2 Å². The van der Waals surface area contributed by atoms with Gasteiger partial charge in [0, 0.05) is 26.2 Å². The molecule has 0 saturated heterocycles. The Morgan fingerprint density at radius 3 is 2.72 bits per heavy atom. The molecule has 4 rings (SSSR count). The molecule has 0 fully saturated rings. The number of anilines is 1. The van der Waals surface area contributed by atoms with Crippen molar-refractivity contribution in [3.05, 3.63) is 67.7 Å². The van der Waals surface area contributed by atoms with Crippen molar-refractivity contribution in [1.82, 2.24) is 4.98 Å². The number of aromatic nitrogens is 1. The first-order chi connectivity index (χ1) is 13.8. The smallest absolute Gasteiger partial charge is 0.362 e. The highest BCUT2D eigenvalue weighted by Crippen LogP contribution is 2.44. The number of thiazole rings is 1. The van der Waals surface area contributed by atoms with Gasteiger partial charge in [0.1, 0.15) is 5.01 Å². The van der Waals surface area contributed by atoms with Gasteiger partial charge in [0.05, 0.1) is 29.4 Å². The zero-order valence-electron chi connectivity index (χ0n) is 15.3. The highest BCUT2D eigenvalue weighted by atomic mass is 127. The van der Waals surface area contributed by atoms with Gasteiger partial charge in [0.2, 0.25) is 0 Å². The molecule has 1 aliphatic heterocycles. The van der Waals surface area contributed by atoms with E-state index in [1.54, 1.807) is 12.1 Å². The highest BCUT2D eigenvalue weighted by Gasteiger charge is 2.41. The molecule has 3 nitrogen and oxygen atoms in total. The lowest BCUT2D eigenvalue weighted by Crippen LogP contribution is -2.28. The van der Waals surface area contributed by atoms with E-state index in [9.17, 15) is 13.2 Å². The summed E-state index contributed by atoms with van der Waals surface area (Å²) < 4.78 is 42.0. The van der Waals surface area contributed by atoms with Crippen LogP contribution in [0.25, 0.3) is 10.6 Å². The summed E-state index contributed by atoms with van der Waals surface area (Å²) in [6.45, 7) is 2.33. The number of nitrogens with zero attached hydrogens (tertiary/aromatic N) is 3. The monoisotopic (exact) mass is 525 g/mol. The van der Waals surface area contributed by atoms with Crippen LogP contribution >= 0.6 is 33.9 Å². The SMILES string of the molecule is CC1Cc2c(ccc(C#N)c2C(F)(F)F)N1Cc1csc(-c2ccccc2I)n1. The fourth-order valence-electron chi connectivity index (χ4n) is 3.73. The van der Waals surface area contributed by atoms with Crippen molar-refractivity contribution in [2.45, 2.75) is 32.1 Å². The summed E-state index contributed by atoms with van der Waals surface area (Å²) in [4.78, 5) is 6.66. The second-order valence-electron chi connectivity index (χ2n) is 6.90. The molecule has 2 aromatic carbocycles. The molecule has 0 N–H and O–H groups in total. The third-order valence-electron chi connectivity index (χ3n) is 5.02. The normalized spacial score (nSPS) is 16.0. The Hall–Kier alpha value is -2.12. The quantitative estimate of drug-likeness (QED) is 0.380. The van der Waals surface area contributed by atoms with E-state index in [1.165, 1.54) is 17.4 Å². The lowest BCUT2D eigenvalue weighted by Gasteiger charge is -2.24. The molecule has 0 radical (unpaired) electrons. The molecule has 148 valence electrons. The molecule has 1 atom stereocenters. The van der Waals surface area contributed by atoms with Gasteiger partial charge in [0.25, 0.3) is 0 Å². The number of halogens is 4. The van der Waals surface area contributed by atoms with Crippen molar-refractivity contribution in [2.24, 2.45) is 0 Å². The van der Waals surface area contributed by atoms with Crippen molar-refractivity contribution >= 4 is 39.6 Å². The predicted octanol–water partition coefficient (Wildman–Crippen LogP) is 6.26. The third-order valence-corrected chi connectivity index (χ3v) is 6.89. The van der Waals surface area contributed by atoms with Crippen LogP contribution in [0.4, 0.5) is 18.9 Å². The van der Waals surface area contributed by atoms with Gasteiger partial charge in [-0.3, -0.25) is 0 Å². The Balaban J connectivity index is 1.68. The number of fused-ring (bicyclic) bond motifs is 1. The topological polar surface area (TPSA) is 39.9 Å². The predicted molar refractivity (Wildman–Crippen MR) is 116 cm³/mol. The van der Waals surface area contributed by atoms with Gasteiger partial charge in [-0.2, -0.15) is 18.4 Å². The summed E-state index contributed by atoms with van der Waals surface area (Å²) >= 11 is 3.80. The summed E-state index contributed by atoms with van der Waals surface area (Å²) in [7, 11) is 0. The van der Waals surface area contributed by atoms with Gasteiger partial charge in [-0.05, 0) is 59.7 Å². The second-order valence-corrected chi connectivity index (χ2v) is 8.92. The van der Waals surface area contributed by atoms with Crippen molar-refractivity contribution in [3.63, 3.8) is 0 Å². The molecular formula is C21H15F3IN3S. The average molecular weight is 525 g/mol. The van der Waals surface area contributed by atoms with E-state index in [0.717, 1.165) is 19.8 Å². The Morgan fingerprint density at radius 1 is 1.28 bits per heavy atom. The number of hydrogen-bond donors (Lipinski definition) is 0. The minimum absolute atomic E-state index is 0.109. The molecule has 29 heavy (non-hydrogen) atoms. The standard InChI is InChI=1S/C21H15F3IN3S/c1-12-8-16-18(7-6-13(9-26)19(16)21(22,23)24)28(12)10-14-11-29-20(27-14)15-4-2-3-5-17(15)25/h2-7,11-12H,8,10H2,1H3.